The molecule has 4 nitrogen and oxygen atoms in total. The molecule has 0 unspecified atom stereocenters. The molecule has 0 aromatic heterocycles. The van der Waals surface area contributed by atoms with Crippen LogP contribution in [0.2, 0.25) is 0 Å². The van der Waals surface area contributed by atoms with Crippen molar-refractivity contribution in [1.29, 1.82) is 0 Å². The van der Waals surface area contributed by atoms with Crippen LogP contribution < -0.4 is 15.8 Å². The van der Waals surface area contributed by atoms with Crippen LogP contribution in [0.25, 0.3) is 0 Å². The molecule has 0 saturated carbocycles. The fourth-order valence-corrected chi connectivity index (χ4v) is 1.60. The maximum absolute atomic E-state index is 5.80. The van der Waals surface area contributed by atoms with Crippen LogP contribution in [0.4, 0.5) is 5.69 Å². The zero-order valence-corrected chi connectivity index (χ0v) is 11.3. The predicted molar refractivity (Wildman–Crippen MR) is 77.2 cm³/mol. The van der Waals surface area contributed by atoms with E-state index in [1.807, 2.05) is 24.3 Å². The van der Waals surface area contributed by atoms with Crippen molar-refractivity contribution in [3.8, 4) is 5.75 Å². The summed E-state index contributed by atoms with van der Waals surface area (Å²) >= 11 is 0. The first-order chi connectivity index (χ1) is 8.76. The second kappa shape index (κ2) is 8.39. The normalized spacial score (nSPS) is 11.3. The van der Waals surface area contributed by atoms with Gasteiger partial charge in [0.15, 0.2) is 5.96 Å². The Morgan fingerprint density at radius 2 is 1.94 bits per heavy atom. The average Bonchev–Trinajstić information content (AvgIpc) is 2.39. The van der Waals surface area contributed by atoms with E-state index in [-0.39, 0.29) is 0 Å². The summed E-state index contributed by atoms with van der Waals surface area (Å²) in [5, 5.41) is 3.06. The predicted octanol–water partition coefficient (Wildman–Crippen LogP) is 3.00. The molecule has 1 aromatic carbocycles. The second-order valence-electron chi connectivity index (χ2n) is 4.18. The summed E-state index contributed by atoms with van der Waals surface area (Å²) in [7, 11) is 1.65. The molecular weight excluding hydrogens is 226 g/mol. The molecular formula is C14H23N3O. The maximum Gasteiger partial charge on any atom is 0.193 e. The van der Waals surface area contributed by atoms with Gasteiger partial charge in [0, 0.05) is 12.2 Å². The number of hydrogen-bond donors (Lipinski definition) is 2. The number of methoxy groups -OCH3 is 1. The second-order valence-corrected chi connectivity index (χ2v) is 4.18. The van der Waals surface area contributed by atoms with Crippen LogP contribution in [0.15, 0.2) is 29.3 Å². The highest BCUT2D eigenvalue weighted by atomic mass is 16.5. The zero-order valence-electron chi connectivity index (χ0n) is 11.3. The number of nitrogens with two attached hydrogens (primary N) is 1. The summed E-state index contributed by atoms with van der Waals surface area (Å²) in [5.74, 6) is 1.30. The van der Waals surface area contributed by atoms with E-state index >= 15 is 0 Å². The van der Waals surface area contributed by atoms with Crippen LogP contribution in [0.5, 0.6) is 5.75 Å². The highest BCUT2D eigenvalue weighted by molar-refractivity contribution is 5.92. The monoisotopic (exact) mass is 249 g/mol. The number of rotatable bonds is 7. The van der Waals surface area contributed by atoms with Gasteiger partial charge in [0.1, 0.15) is 5.75 Å². The fourth-order valence-electron chi connectivity index (χ4n) is 1.60. The molecule has 18 heavy (non-hydrogen) atoms. The summed E-state index contributed by atoms with van der Waals surface area (Å²) in [6.45, 7) is 2.98. The zero-order chi connectivity index (χ0) is 13.2. The molecule has 0 amide bonds. The van der Waals surface area contributed by atoms with Gasteiger partial charge in [0.2, 0.25) is 0 Å². The summed E-state index contributed by atoms with van der Waals surface area (Å²) in [4.78, 5) is 4.29. The van der Waals surface area contributed by atoms with E-state index in [1.165, 1.54) is 19.3 Å². The smallest absolute Gasteiger partial charge is 0.193 e. The van der Waals surface area contributed by atoms with Crippen molar-refractivity contribution in [2.75, 3.05) is 19.0 Å². The highest BCUT2D eigenvalue weighted by Crippen LogP contribution is 2.14. The van der Waals surface area contributed by atoms with Crippen LogP contribution in [0.1, 0.15) is 32.6 Å². The molecule has 0 aliphatic heterocycles. The first-order valence-electron chi connectivity index (χ1n) is 6.47. The highest BCUT2D eigenvalue weighted by Gasteiger charge is 1.95. The van der Waals surface area contributed by atoms with Gasteiger partial charge >= 0.3 is 0 Å². The summed E-state index contributed by atoms with van der Waals surface area (Å²) < 4.78 is 5.09. The Kier molecular flexibility index (Phi) is 6.69. The SMILES string of the molecule is CCCCCCN=C(N)Nc1ccc(OC)cc1. The van der Waals surface area contributed by atoms with Crippen molar-refractivity contribution in [2.24, 2.45) is 10.7 Å². The van der Waals surface area contributed by atoms with E-state index in [4.69, 9.17) is 10.5 Å². The number of anilines is 1. The van der Waals surface area contributed by atoms with Crippen LogP contribution >= 0.6 is 0 Å². The van der Waals surface area contributed by atoms with Crippen molar-refractivity contribution in [1.82, 2.24) is 0 Å². The first-order valence-corrected chi connectivity index (χ1v) is 6.47. The third-order valence-electron chi connectivity index (χ3n) is 2.66. The van der Waals surface area contributed by atoms with Gasteiger partial charge in [-0.25, -0.2) is 0 Å². The lowest BCUT2D eigenvalue weighted by Crippen LogP contribution is -2.22. The Balaban J connectivity index is 2.33. The third kappa shape index (κ3) is 5.57. The lowest BCUT2D eigenvalue weighted by molar-refractivity contribution is 0.415. The van der Waals surface area contributed by atoms with Gasteiger partial charge in [-0.05, 0) is 30.7 Å². The number of guanidine groups is 1. The Morgan fingerprint density at radius 3 is 2.56 bits per heavy atom. The van der Waals surface area contributed by atoms with Gasteiger partial charge in [0.05, 0.1) is 7.11 Å². The molecule has 0 atom stereocenters. The van der Waals surface area contributed by atoms with Crippen molar-refractivity contribution < 1.29 is 4.74 Å². The van der Waals surface area contributed by atoms with E-state index in [0.717, 1.165) is 24.4 Å². The fraction of sp³-hybridized carbons (Fsp3) is 0.500. The summed E-state index contributed by atoms with van der Waals surface area (Å²) in [6, 6.07) is 7.60. The number of benzene rings is 1. The molecule has 0 heterocycles. The molecule has 0 aliphatic carbocycles. The molecule has 1 aromatic rings. The van der Waals surface area contributed by atoms with Crippen LogP contribution in [0, 0.1) is 0 Å². The van der Waals surface area contributed by atoms with Crippen molar-refractivity contribution in [3.63, 3.8) is 0 Å². The van der Waals surface area contributed by atoms with Gasteiger partial charge < -0.3 is 15.8 Å². The molecule has 0 fully saturated rings. The Labute approximate surface area is 109 Å². The average molecular weight is 249 g/mol. The van der Waals surface area contributed by atoms with Crippen LogP contribution in [0.3, 0.4) is 0 Å². The Bertz CT molecular complexity index is 360. The number of hydrogen-bond acceptors (Lipinski definition) is 2. The molecule has 1 rings (SSSR count). The quantitative estimate of drug-likeness (QED) is 0.443. The summed E-state index contributed by atoms with van der Waals surface area (Å²) in [6.07, 6.45) is 4.82. The van der Waals surface area contributed by atoms with Crippen molar-refractivity contribution in [3.05, 3.63) is 24.3 Å². The van der Waals surface area contributed by atoms with Gasteiger partial charge in [-0.1, -0.05) is 26.2 Å². The van der Waals surface area contributed by atoms with E-state index < -0.39 is 0 Å². The van der Waals surface area contributed by atoms with Crippen molar-refractivity contribution in [2.45, 2.75) is 32.6 Å². The standard InChI is InChI=1S/C14H23N3O/c1-3-4-5-6-11-16-14(15)17-12-7-9-13(18-2)10-8-12/h7-10H,3-6,11H2,1-2H3,(H3,15,16,17). The maximum atomic E-state index is 5.80. The summed E-state index contributed by atoms with van der Waals surface area (Å²) in [5.41, 5.74) is 6.72. The van der Waals surface area contributed by atoms with Crippen LogP contribution in [-0.4, -0.2) is 19.6 Å². The third-order valence-corrected chi connectivity index (χ3v) is 2.66. The molecule has 0 aliphatic rings. The Morgan fingerprint density at radius 1 is 1.22 bits per heavy atom. The lowest BCUT2D eigenvalue weighted by Gasteiger charge is -2.06. The number of nitrogens with zero attached hydrogens (tertiary/aromatic N) is 1. The Hall–Kier alpha value is -1.71. The minimum Gasteiger partial charge on any atom is -0.497 e. The molecule has 0 bridgehead atoms. The van der Waals surface area contributed by atoms with Gasteiger partial charge in [-0.2, -0.15) is 0 Å². The number of nitrogens with one attached hydrogen (secondary N) is 1. The van der Waals surface area contributed by atoms with E-state index in [1.54, 1.807) is 7.11 Å². The molecule has 0 radical (unpaired) electrons. The number of ether oxygens (including phenoxy) is 1. The van der Waals surface area contributed by atoms with Crippen LogP contribution in [-0.2, 0) is 0 Å². The minimum atomic E-state index is 0.469. The van der Waals surface area contributed by atoms with E-state index in [9.17, 15) is 0 Å². The molecule has 0 saturated heterocycles. The van der Waals surface area contributed by atoms with E-state index in [2.05, 4.69) is 17.2 Å². The molecule has 100 valence electrons. The van der Waals surface area contributed by atoms with Gasteiger partial charge in [0.25, 0.3) is 0 Å². The number of aliphatic imine (C=N–C) groups is 1. The molecule has 4 heteroatoms. The van der Waals surface area contributed by atoms with E-state index in [0.29, 0.717) is 5.96 Å². The van der Waals surface area contributed by atoms with Crippen molar-refractivity contribution >= 4 is 11.6 Å². The molecule has 3 N–H and O–H groups in total. The van der Waals surface area contributed by atoms with Gasteiger partial charge in [-0.3, -0.25) is 4.99 Å². The topological polar surface area (TPSA) is 59.6 Å². The largest absolute Gasteiger partial charge is 0.497 e. The lowest BCUT2D eigenvalue weighted by atomic mass is 10.2. The van der Waals surface area contributed by atoms with Gasteiger partial charge in [-0.15, -0.1) is 0 Å². The molecule has 0 spiro atoms. The number of unbranched alkanes of at least 4 members (excludes halogenated alkanes) is 3. The minimum absolute atomic E-state index is 0.469. The first kappa shape index (κ1) is 14.4.